The number of thiophene rings is 1. The number of aryl methyl sites for hydroxylation is 2. The zero-order valence-electron chi connectivity index (χ0n) is 16.9. The van der Waals surface area contributed by atoms with Crippen molar-refractivity contribution in [3.63, 3.8) is 0 Å². The summed E-state index contributed by atoms with van der Waals surface area (Å²) >= 11 is 2.70. The minimum atomic E-state index is -0.816. The second-order valence-electron chi connectivity index (χ2n) is 7.16. The first-order valence-electron chi connectivity index (χ1n) is 9.76. The number of H-pyrrole nitrogens is 1. The number of thioether (sulfide) groups is 1. The van der Waals surface area contributed by atoms with Crippen molar-refractivity contribution in [2.24, 2.45) is 0 Å². The van der Waals surface area contributed by atoms with Crippen molar-refractivity contribution in [1.82, 2.24) is 19.5 Å². The molecule has 0 saturated heterocycles. The van der Waals surface area contributed by atoms with Crippen LogP contribution < -0.4 is 22.7 Å². The number of carbonyl (C=O) groups is 1. The van der Waals surface area contributed by atoms with E-state index in [0.717, 1.165) is 52.2 Å². The van der Waals surface area contributed by atoms with Crippen molar-refractivity contribution in [1.29, 1.82) is 0 Å². The van der Waals surface area contributed by atoms with Gasteiger partial charge < -0.3 is 16.2 Å². The molecule has 0 aromatic carbocycles. The Morgan fingerprint density at radius 2 is 2.03 bits per heavy atom. The Bertz CT molecular complexity index is 1280. The van der Waals surface area contributed by atoms with Gasteiger partial charge in [0.05, 0.1) is 24.3 Å². The van der Waals surface area contributed by atoms with Crippen LogP contribution in [0.1, 0.15) is 33.6 Å². The van der Waals surface area contributed by atoms with Crippen LogP contribution in [0, 0.1) is 0 Å². The quantitative estimate of drug-likeness (QED) is 0.266. The molecule has 31 heavy (non-hydrogen) atoms. The lowest BCUT2D eigenvalue weighted by atomic mass is 9.97. The summed E-state index contributed by atoms with van der Waals surface area (Å²) < 4.78 is 6.06. The Kier molecular flexibility index (Phi) is 6.12. The Morgan fingerprint density at radius 1 is 1.26 bits per heavy atom. The van der Waals surface area contributed by atoms with Crippen LogP contribution in [0.3, 0.4) is 0 Å². The Morgan fingerprint density at radius 3 is 2.81 bits per heavy atom. The number of hydrogen-bond donors (Lipinski definition) is 3. The summed E-state index contributed by atoms with van der Waals surface area (Å²) in [6.45, 7) is 0.321. The average molecular weight is 463 g/mol. The number of nitrogens with two attached hydrogens (primary N) is 2. The summed E-state index contributed by atoms with van der Waals surface area (Å²) in [7, 11) is 1.47. The lowest BCUT2D eigenvalue weighted by Gasteiger charge is -2.11. The lowest BCUT2D eigenvalue weighted by molar-refractivity contribution is 0.102. The fourth-order valence-electron chi connectivity index (χ4n) is 3.69. The zero-order valence-corrected chi connectivity index (χ0v) is 18.5. The summed E-state index contributed by atoms with van der Waals surface area (Å²) in [5, 5.41) is 1.28. The Balaban J connectivity index is 1.58. The van der Waals surface area contributed by atoms with E-state index in [9.17, 15) is 14.4 Å². The minimum absolute atomic E-state index is 0.116. The van der Waals surface area contributed by atoms with Gasteiger partial charge in [0.25, 0.3) is 5.56 Å². The highest BCUT2D eigenvalue weighted by molar-refractivity contribution is 7.99. The second-order valence-corrected chi connectivity index (χ2v) is 9.18. The largest absolute Gasteiger partial charge is 0.384 e. The maximum atomic E-state index is 12.8. The molecule has 3 heterocycles. The zero-order chi connectivity index (χ0) is 22.1. The van der Waals surface area contributed by atoms with Gasteiger partial charge in [-0.1, -0.05) is 11.8 Å². The van der Waals surface area contributed by atoms with Gasteiger partial charge in [-0.3, -0.25) is 19.1 Å². The first kappa shape index (κ1) is 21.5. The molecule has 1 aliphatic carbocycles. The van der Waals surface area contributed by atoms with E-state index in [2.05, 4.69) is 15.0 Å². The molecular formula is C19H22N6O4S2. The molecule has 12 heteroatoms. The number of rotatable bonds is 7. The average Bonchev–Trinajstić information content (AvgIpc) is 3.10. The molecule has 0 saturated carbocycles. The first-order valence-corrected chi connectivity index (χ1v) is 11.6. The summed E-state index contributed by atoms with van der Waals surface area (Å²) in [6.07, 6.45) is 4.30. The number of Topliss-reactive ketones (excluding diaryl/α,β-unsaturated/α-hetero) is 1. The molecule has 3 aromatic heterocycles. The first-order chi connectivity index (χ1) is 14.9. The van der Waals surface area contributed by atoms with Crippen LogP contribution >= 0.6 is 23.1 Å². The van der Waals surface area contributed by atoms with E-state index in [-0.39, 0.29) is 30.3 Å². The number of methoxy groups -OCH3 is 1. The third-order valence-electron chi connectivity index (χ3n) is 5.19. The molecule has 0 amide bonds. The molecule has 164 valence electrons. The highest BCUT2D eigenvalue weighted by Crippen LogP contribution is 2.38. The maximum Gasteiger partial charge on any atom is 0.330 e. The van der Waals surface area contributed by atoms with Crippen LogP contribution in [-0.2, 0) is 24.1 Å². The molecule has 4 rings (SSSR count). The summed E-state index contributed by atoms with van der Waals surface area (Å²) in [5.41, 5.74) is 11.6. The standard InChI is InChI=1S/C19H22N6O4S2/c1-29-7-6-25-15(21)13(16(27)23-19(25)28)10(26)8-30-18-22-14(20)12-9-4-2-3-5-11(9)31-17(12)24-18/h2-8,21H2,1H3,(H2,20,22,24)(H,23,27,28). The number of nitrogens with zero attached hydrogens (tertiary/aromatic N) is 3. The summed E-state index contributed by atoms with van der Waals surface area (Å²) in [5.74, 6) is -0.420. The van der Waals surface area contributed by atoms with Gasteiger partial charge in [-0.2, -0.15) is 0 Å². The van der Waals surface area contributed by atoms with E-state index in [0.29, 0.717) is 11.0 Å². The van der Waals surface area contributed by atoms with Crippen molar-refractivity contribution < 1.29 is 9.53 Å². The number of anilines is 2. The predicted octanol–water partition coefficient (Wildman–Crippen LogP) is 1.21. The number of nitrogen functional groups attached to an aromatic ring is 2. The third kappa shape index (κ3) is 4.10. The highest BCUT2D eigenvalue weighted by Gasteiger charge is 2.22. The summed E-state index contributed by atoms with van der Waals surface area (Å²) in [6, 6.07) is 0. The van der Waals surface area contributed by atoms with Crippen molar-refractivity contribution >= 4 is 50.7 Å². The Hall–Kier alpha value is -2.70. The van der Waals surface area contributed by atoms with Gasteiger partial charge >= 0.3 is 5.69 Å². The van der Waals surface area contributed by atoms with Gasteiger partial charge in [-0.25, -0.2) is 14.8 Å². The highest BCUT2D eigenvalue weighted by atomic mass is 32.2. The van der Waals surface area contributed by atoms with Crippen LogP contribution in [0.5, 0.6) is 0 Å². The third-order valence-corrected chi connectivity index (χ3v) is 7.22. The van der Waals surface area contributed by atoms with E-state index in [1.807, 2.05) is 0 Å². The van der Waals surface area contributed by atoms with Crippen molar-refractivity contribution in [3.05, 3.63) is 36.8 Å². The number of ether oxygens (including phenoxy) is 1. The molecule has 0 spiro atoms. The van der Waals surface area contributed by atoms with E-state index in [1.54, 1.807) is 11.3 Å². The van der Waals surface area contributed by atoms with E-state index in [1.165, 1.54) is 17.6 Å². The SMILES string of the molecule is COCCn1c(N)c(C(=O)CSc2nc(N)c3c4c(sc3n2)CCCC4)c(=O)[nH]c1=O. The van der Waals surface area contributed by atoms with Crippen molar-refractivity contribution in [2.45, 2.75) is 37.4 Å². The molecule has 5 N–H and O–H groups in total. The minimum Gasteiger partial charge on any atom is -0.384 e. The molecule has 0 atom stereocenters. The maximum absolute atomic E-state index is 12.8. The molecule has 1 aliphatic rings. The van der Waals surface area contributed by atoms with Gasteiger partial charge in [0.1, 0.15) is 22.0 Å². The van der Waals surface area contributed by atoms with Gasteiger partial charge in [0.2, 0.25) is 0 Å². The molecular weight excluding hydrogens is 440 g/mol. The monoisotopic (exact) mass is 462 g/mol. The molecule has 0 fully saturated rings. The number of aromatic amines is 1. The fourth-order valence-corrected chi connectivity index (χ4v) is 5.74. The van der Waals surface area contributed by atoms with Crippen LogP contribution in [0.25, 0.3) is 10.2 Å². The number of hydrogen-bond acceptors (Lipinski definition) is 10. The van der Waals surface area contributed by atoms with Crippen molar-refractivity contribution in [2.75, 3.05) is 30.9 Å². The molecule has 3 aromatic rings. The molecule has 0 aliphatic heterocycles. The lowest BCUT2D eigenvalue weighted by Crippen LogP contribution is -2.37. The number of ketones is 1. The van der Waals surface area contributed by atoms with E-state index in [4.69, 9.17) is 16.2 Å². The molecule has 0 unspecified atom stereocenters. The number of fused-ring (bicyclic) bond motifs is 3. The van der Waals surface area contributed by atoms with Gasteiger partial charge in [0.15, 0.2) is 10.9 Å². The number of nitrogens with one attached hydrogen (secondary N) is 1. The van der Waals surface area contributed by atoms with Gasteiger partial charge in [0, 0.05) is 12.0 Å². The van der Waals surface area contributed by atoms with Gasteiger partial charge in [-0.15, -0.1) is 11.3 Å². The molecule has 0 bridgehead atoms. The second kappa shape index (κ2) is 8.81. The van der Waals surface area contributed by atoms with Crippen LogP contribution in [0.4, 0.5) is 11.6 Å². The number of aromatic nitrogens is 4. The van der Waals surface area contributed by atoms with Gasteiger partial charge in [-0.05, 0) is 31.2 Å². The molecule has 0 radical (unpaired) electrons. The fraction of sp³-hybridized carbons (Fsp3) is 0.421. The predicted molar refractivity (Wildman–Crippen MR) is 121 cm³/mol. The van der Waals surface area contributed by atoms with E-state index >= 15 is 0 Å². The Labute approximate surface area is 185 Å². The number of carbonyl (C=O) groups excluding carboxylic acids is 1. The summed E-state index contributed by atoms with van der Waals surface area (Å²) in [4.78, 5) is 50.2. The smallest absolute Gasteiger partial charge is 0.330 e. The topological polar surface area (TPSA) is 159 Å². The van der Waals surface area contributed by atoms with E-state index < -0.39 is 17.0 Å². The van der Waals surface area contributed by atoms with Crippen LogP contribution in [0.15, 0.2) is 14.7 Å². The van der Waals surface area contributed by atoms with Crippen LogP contribution in [0.2, 0.25) is 0 Å². The van der Waals surface area contributed by atoms with Crippen LogP contribution in [-0.4, -0.2) is 44.8 Å². The normalized spacial score (nSPS) is 13.5. The molecule has 10 nitrogen and oxygen atoms in total. The van der Waals surface area contributed by atoms with Crippen molar-refractivity contribution in [3.8, 4) is 0 Å².